The Morgan fingerprint density at radius 2 is 2.21 bits per heavy atom. The van der Waals surface area contributed by atoms with Crippen molar-refractivity contribution < 1.29 is 0 Å². The predicted octanol–water partition coefficient (Wildman–Crippen LogP) is 3.32. The molecule has 14 heavy (non-hydrogen) atoms. The molecule has 0 amide bonds. The van der Waals surface area contributed by atoms with Gasteiger partial charge in [-0.15, -0.1) is 0 Å². The van der Waals surface area contributed by atoms with Crippen molar-refractivity contribution in [2.45, 2.75) is 12.3 Å². The number of halogens is 2. The molecule has 1 N–H and O–H groups in total. The molecule has 1 aromatic rings. The predicted molar refractivity (Wildman–Crippen MR) is 61.2 cm³/mol. The van der Waals surface area contributed by atoms with Crippen LogP contribution in [0.4, 0.5) is 0 Å². The summed E-state index contributed by atoms with van der Waals surface area (Å²) in [7, 11) is 1.98. The highest BCUT2D eigenvalue weighted by atomic mass is 35.5. The molecule has 0 aliphatic heterocycles. The van der Waals surface area contributed by atoms with Crippen LogP contribution in [-0.2, 0) is 0 Å². The van der Waals surface area contributed by atoms with Crippen molar-refractivity contribution in [3.63, 3.8) is 0 Å². The van der Waals surface area contributed by atoms with Gasteiger partial charge in [-0.1, -0.05) is 23.2 Å². The van der Waals surface area contributed by atoms with Crippen LogP contribution in [0.3, 0.4) is 0 Å². The molecule has 2 atom stereocenters. The first-order chi connectivity index (χ1) is 6.72. The lowest BCUT2D eigenvalue weighted by molar-refractivity contribution is 0.698. The zero-order valence-corrected chi connectivity index (χ0v) is 9.57. The molecule has 1 saturated carbocycles. The summed E-state index contributed by atoms with van der Waals surface area (Å²) in [5, 5.41) is 4.81. The molecule has 1 aliphatic rings. The van der Waals surface area contributed by atoms with Crippen LogP contribution < -0.4 is 5.32 Å². The Morgan fingerprint density at radius 3 is 2.93 bits per heavy atom. The molecule has 76 valence electrons. The molecule has 1 aliphatic carbocycles. The molecule has 2 rings (SSSR count). The van der Waals surface area contributed by atoms with Gasteiger partial charge in [-0.3, -0.25) is 0 Å². The topological polar surface area (TPSA) is 12.0 Å². The molecule has 0 saturated heterocycles. The van der Waals surface area contributed by atoms with Gasteiger partial charge in [0.1, 0.15) is 0 Å². The normalized spacial score (nSPS) is 25.1. The Morgan fingerprint density at radius 1 is 1.43 bits per heavy atom. The number of benzene rings is 1. The minimum atomic E-state index is 0.605. The quantitative estimate of drug-likeness (QED) is 0.839. The summed E-state index contributed by atoms with van der Waals surface area (Å²) < 4.78 is 0. The summed E-state index contributed by atoms with van der Waals surface area (Å²) in [6.45, 7) is 1.06. The van der Waals surface area contributed by atoms with Gasteiger partial charge in [0.05, 0.1) is 0 Å². The van der Waals surface area contributed by atoms with E-state index in [2.05, 4.69) is 5.32 Å². The molecule has 1 nitrogen and oxygen atoms in total. The zero-order valence-electron chi connectivity index (χ0n) is 8.06. The van der Waals surface area contributed by atoms with Gasteiger partial charge in [0.15, 0.2) is 0 Å². The first-order valence-corrected chi connectivity index (χ1v) is 5.57. The van der Waals surface area contributed by atoms with Crippen LogP contribution in [0.15, 0.2) is 18.2 Å². The van der Waals surface area contributed by atoms with Gasteiger partial charge >= 0.3 is 0 Å². The van der Waals surface area contributed by atoms with Gasteiger partial charge in [-0.05, 0) is 55.6 Å². The van der Waals surface area contributed by atoms with E-state index in [1.807, 2.05) is 25.2 Å². The van der Waals surface area contributed by atoms with Crippen LogP contribution >= 0.6 is 23.2 Å². The maximum absolute atomic E-state index is 6.12. The molecular weight excluding hydrogens is 217 g/mol. The minimum Gasteiger partial charge on any atom is -0.319 e. The summed E-state index contributed by atoms with van der Waals surface area (Å²) in [6.07, 6.45) is 1.22. The van der Waals surface area contributed by atoms with Crippen molar-refractivity contribution in [3.05, 3.63) is 33.8 Å². The highest BCUT2D eigenvalue weighted by molar-refractivity contribution is 6.33. The average Bonchev–Trinajstić information content (AvgIpc) is 2.89. The van der Waals surface area contributed by atoms with Crippen molar-refractivity contribution in [1.29, 1.82) is 0 Å². The summed E-state index contributed by atoms with van der Waals surface area (Å²) in [6, 6.07) is 5.71. The maximum Gasteiger partial charge on any atom is 0.0441 e. The first kappa shape index (κ1) is 10.3. The standard InChI is InChI=1S/C11H13Cl2N/c1-14-6-7-4-9(7)10-5-8(12)2-3-11(10)13/h2-3,5,7,9,14H,4,6H2,1H3/t7-,9-/m1/s1. The van der Waals surface area contributed by atoms with Gasteiger partial charge in [-0.25, -0.2) is 0 Å². The van der Waals surface area contributed by atoms with Gasteiger partial charge < -0.3 is 5.32 Å². The minimum absolute atomic E-state index is 0.605. The van der Waals surface area contributed by atoms with Gasteiger partial charge in [0.25, 0.3) is 0 Å². The fourth-order valence-electron chi connectivity index (χ4n) is 1.92. The highest BCUT2D eigenvalue weighted by Gasteiger charge is 2.38. The molecule has 0 unspecified atom stereocenters. The molecular formula is C11H13Cl2N. The molecule has 0 bridgehead atoms. The highest BCUT2D eigenvalue weighted by Crippen LogP contribution is 2.49. The third kappa shape index (κ3) is 2.05. The van der Waals surface area contributed by atoms with Gasteiger partial charge in [0.2, 0.25) is 0 Å². The summed E-state index contributed by atoms with van der Waals surface area (Å²) in [5.41, 5.74) is 1.21. The van der Waals surface area contributed by atoms with Crippen LogP contribution in [0.2, 0.25) is 10.0 Å². The van der Waals surface area contributed by atoms with Crippen molar-refractivity contribution in [3.8, 4) is 0 Å². The monoisotopic (exact) mass is 229 g/mol. The summed E-state index contributed by atoms with van der Waals surface area (Å²) in [5.74, 6) is 1.34. The van der Waals surface area contributed by atoms with E-state index in [-0.39, 0.29) is 0 Å². The summed E-state index contributed by atoms with van der Waals surface area (Å²) >= 11 is 12.1. The second kappa shape index (κ2) is 4.09. The average molecular weight is 230 g/mol. The lowest BCUT2D eigenvalue weighted by Crippen LogP contribution is -2.10. The van der Waals surface area contributed by atoms with Crippen molar-refractivity contribution in [1.82, 2.24) is 5.32 Å². The Hall–Kier alpha value is -0.240. The van der Waals surface area contributed by atoms with E-state index in [1.54, 1.807) is 0 Å². The van der Waals surface area contributed by atoms with Crippen LogP contribution in [-0.4, -0.2) is 13.6 Å². The number of hydrogen-bond acceptors (Lipinski definition) is 1. The Labute approximate surface area is 94.4 Å². The number of hydrogen-bond donors (Lipinski definition) is 1. The Kier molecular flexibility index (Phi) is 3.01. The second-order valence-electron chi connectivity index (χ2n) is 3.83. The molecule has 1 fully saturated rings. The van der Waals surface area contributed by atoms with Crippen LogP contribution in [0.5, 0.6) is 0 Å². The Balaban J connectivity index is 2.14. The molecule has 1 aromatic carbocycles. The molecule has 0 radical (unpaired) electrons. The van der Waals surface area contributed by atoms with Gasteiger partial charge in [0, 0.05) is 10.0 Å². The van der Waals surface area contributed by atoms with Crippen LogP contribution in [0.1, 0.15) is 17.9 Å². The van der Waals surface area contributed by atoms with E-state index >= 15 is 0 Å². The number of nitrogens with one attached hydrogen (secondary N) is 1. The SMILES string of the molecule is CNC[C@H]1C[C@H]1c1cc(Cl)ccc1Cl. The fourth-order valence-corrected chi connectivity index (χ4v) is 2.35. The van der Waals surface area contributed by atoms with E-state index in [0.717, 1.165) is 22.5 Å². The third-order valence-electron chi connectivity index (χ3n) is 2.75. The first-order valence-electron chi connectivity index (χ1n) is 4.82. The molecule has 3 heteroatoms. The fraction of sp³-hybridized carbons (Fsp3) is 0.455. The Bertz CT molecular complexity index is 338. The maximum atomic E-state index is 6.12. The molecule has 0 aromatic heterocycles. The second-order valence-corrected chi connectivity index (χ2v) is 4.67. The smallest absolute Gasteiger partial charge is 0.0441 e. The molecule has 0 spiro atoms. The van der Waals surface area contributed by atoms with Crippen molar-refractivity contribution >= 4 is 23.2 Å². The van der Waals surface area contributed by atoms with Crippen molar-refractivity contribution in [2.75, 3.05) is 13.6 Å². The van der Waals surface area contributed by atoms with E-state index < -0.39 is 0 Å². The summed E-state index contributed by atoms with van der Waals surface area (Å²) in [4.78, 5) is 0. The zero-order chi connectivity index (χ0) is 10.1. The van der Waals surface area contributed by atoms with E-state index in [0.29, 0.717) is 5.92 Å². The lowest BCUT2D eigenvalue weighted by atomic mass is 10.1. The van der Waals surface area contributed by atoms with Crippen molar-refractivity contribution in [2.24, 2.45) is 5.92 Å². The molecule has 0 heterocycles. The van der Waals surface area contributed by atoms with E-state index in [4.69, 9.17) is 23.2 Å². The lowest BCUT2D eigenvalue weighted by Gasteiger charge is -2.04. The third-order valence-corrected chi connectivity index (χ3v) is 3.33. The van der Waals surface area contributed by atoms with Crippen LogP contribution in [0.25, 0.3) is 0 Å². The van der Waals surface area contributed by atoms with E-state index in [1.165, 1.54) is 12.0 Å². The van der Waals surface area contributed by atoms with Gasteiger partial charge in [-0.2, -0.15) is 0 Å². The largest absolute Gasteiger partial charge is 0.319 e. The number of rotatable bonds is 3. The van der Waals surface area contributed by atoms with Crippen LogP contribution in [0, 0.1) is 5.92 Å². The van der Waals surface area contributed by atoms with E-state index in [9.17, 15) is 0 Å².